The summed E-state index contributed by atoms with van der Waals surface area (Å²) in [4.78, 5) is 3.33. The zero-order valence-corrected chi connectivity index (χ0v) is 12.1. The quantitative estimate of drug-likeness (QED) is 0.748. The minimum atomic E-state index is 0.563. The van der Waals surface area contributed by atoms with Crippen LogP contribution in [0.5, 0.6) is 5.75 Å². The normalized spacial score (nSPS) is 11.4. The minimum absolute atomic E-state index is 0.563. The van der Waals surface area contributed by atoms with Crippen LogP contribution in [0, 0.1) is 0 Å². The number of aryl methyl sites for hydroxylation is 1. The summed E-state index contributed by atoms with van der Waals surface area (Å²) in [6.07, 6.45) is 4.37. The summed E-state index contributed by atoms with van der Waals surface area (Å²) in [5.41, 5.74) is 2.57. The van der Waals surface area contributed by atoms with Gasteiger partial charge < -0.3 is 15.0 Å². The summed E-state index contributed by atoms with van der Waals surface area (Å²) in [5, 5.41) is 4.74. The van der Waals surface area contributed by atoms with E-state index in [1.807, 2.05) is 13.0 Å². The molecule has 0 atom stereocenters. The Morgan fingerprint density at radius 3 is 2.89 bits per heavy atom. The Bertz CT molecular complexity index is 516. The van der Waals surface area contributed by atoms with Crippen LogP contribution in [0.25, 0.3) is 10.9 Å². The topological polar surface area (TPSA) is 37.0 Å². The van der Waals surface area contributed by atoms with E-state index in [-0.39, 0.29) is 0 Å². The fraction of sp³-hybridized carbons (Fsp3) is 0.500. The monoisotopic (exact) mass is 260 g/mol. The first-order valence-corrected chi connectivity index (χ1v) is 7.17. The molecule has 2 N–H and O–H groups in total. The molecular formula is C16H24N2O. The molecule has 0 spiro atoms. The second-order valence-corrected chi connectivity index (χ2v) is 5.17. The van der Waals surface area contributed by atoms with Gasteiger partial charge in [-0.25, -0.2) is 0 Å². The highest BCUT2D eigenvalue weighted by Gasteiger charge is 2.05. The van der Waals surface area contributed by atoms with Gasteiger partial charge in [0.1, 0.15) is 5.75 Å². The molecule has 2 rings (SSSR count). The van der Waals surface area contributed by atoms with Gasteiger partial charge in [0.2, 0.25) is 0 Å². The predicted molar refractivity (Wildman–Crippen MR) is 80.9 cm³/mol. The Labute approximate surface area is 115 Å². The molecule has 19 heavy (non-hydrogen) atoms. The number of ether oxygens (including phenoxy) is 1. The Balaban J connectivity index is 2.03. The predicted octanol–water partition coefficient (Wildman–Crippen LogP) is 3.50. The Kier molecular flexibility index (Phi) is 4.86. The molecule has 0 aliphatic carbocycles. The van der Waals surface area contributed by atoms with Crippen LogP contribution in [0.2, 0.25) is 0 Å². The van der Waals surface area contributed by atoms with Crippen molar-refractivity contribution in [1.29, 1.82) is 0 Å². The van der Waals surface area contributed by atoms with E-state index in [4.69, 9.17) is 4.74 Å². The highest BCUT2D eigenvalue weighted by molar-refractivity contribution is 5.84. The van der Waals surface area contributed by atoms with E-state index < -0.39 is 0 Å². The van der Waals surface area contributed by atoms with Crippen LogP contribution in [0.15, 0.2) is 24.4 Å². The molecule has 0 aliphatic rings. The maximum atomic E-state index is 5.57. The average Bonchev–Trinajstić information content (AvgIpc) is 2.77. The van der Waals surface area contributed by atoms with Gasteiger partial charge in [0.05, 0.1) is 6.61 Å². The highest BCUT2D eigenvalue weighted by Crippen LogP contribution is 2.24. The molecule has 0 saturated heterocycles. The van der Waals surface area contributed by atoms with E-state index >= 15 is 0 Å². The molecule has 0 unspecified atom stereocenters. The first kappa shape index (κ1) is 13.9. The van der Waals surface area contributed by atoms with E-state index in [0.717, 1.165) is 25.1 Å². The van der Waals surface area contributed by atoms with Crippen molar-refractivity contribution in [3.05, 3.63) is 30.0 Å². The standard InChI is InChI=1S/C16H24N2O/c1-4-19-14-7-8-16-15(10-14)13(11-18-16)6-5-9-17-12(2)3/h7-8,10-12,17-18H,4-6,9H2,1-3H3. The summed E-state index contributed by atoms with van der Waals surface area (Å²) in [7, 11) is 0. The van der Waals surface area contributed by atoms with Crippen LogP contribution in [-0.2, 0) is 6.42 Å². The van der Waals surface area contributed by atoms with Crippen LogP contribution in [0.3, 0.4) is 0 Å². The van der Waals surface area contributed by atoms with Gasteiger partial charge in [0.15, 0.2) is 0 Å². The molecule has 0 saturated carbocycles. The Morgan fingerprint density at radius 2 is 2.16 bits per heavy atom. The second-order valence-electron chi connectivity index (χ2n) is 5.17. The van der Waals surface area contributed by atoms with Crippen LogP contribution in [0.4, 0.5) is 0 Å². The number of hydrogen-bond donors (Lipinski definition) is 2. The number of fused-ring (bicyclic) bond motifs is 1. The first-order valence-electron chi connectivity index (χ1n) is 7.17. The van der Waals surface area contributed by atoms with E-state index in [9.17, 15) is 0 Å². The summed E-state index contributed by atoms with van der Waals surface area (Å²) >= 11 is 0. The van der Waals surface area contributed by atoms with Gasteiger partial charge in [-0.15, -0.1) is 0 Å². The molecule has 2 aromatic rings. The molecule has 3 nitrogen and oxygen atoms in total. The lowest BCUT2D eigenvalue weighted by Crippen LogP contribution is -2.23. The largest absolute Gasteiger partial charge is 0.494 e. The van der Waals surface area contributed by atoms with Crippen molar-refractivity contribution >= 4 is 10.9 Å². The van der Waals surface area contributed by atoms with Crippen LogP contribution >= 0.6 is 0 Å². The molecule has 1 aromatic heterocycles. The lowest BCUT2D eigenvalue weighted by molar-refractivity contribution is 0.340. The smallest absolute Gasteiger partial charge is 0.120 e. The number of hydrogen-bond acceptors (Lipinski definition) is 2. The van der Waals surface area contributed by atoms with Crippen molar-refractivity contribution in [1.82, 2.24) is 10.3 Å². The van der Waals surface area contributed by atoms with E-state index in [1.165, 1.54) is 16.5 Å². The third-order valence-electron chi connectivity index (χ3n) is 3.23. The molecule has 3 heteroatoms. The molecule has 0 fully saturated rings. The van der Waals surface area contributed by atoms with Gasteiger partial charge in [0, 0.05) is 23.1 Å². The van der Waals surface area contributed by atoms with Crippen LogP contribution in [0.1, 0.15) is 32.8 Å². The lowest BCUT2D eigenvalue weighted by Gasteiger charge is -2.07. The molecule has 104 valence electrons. The fourth-order valence-electron chi connectivity index (χ4n) is 2.29. The summed E-state index contributed by atoms with van der Waals surface area (Å²) < 4.78 is 5.57. The molecule has 0 amide bonds. The minimum Gasteiger partial charge on any atom is -0.494 e. The molecule has 1 heterocycles. The summed E-state index contributed by atoms with van der Waals surface area (Å²) in [5.74, 6) is 0.955. The molecule has 0 aliphatic heterocycles. The maximum Gasteiger partial charge on any atom is 0.120 e. The van der Waals surface area contributed by atoms with Crippen LogP contribution < -0.4 is 10.1 Å². The number of benzene rings is 1. The van der Waals surface area contributed by atoms with Gasteiger partial charge in [-0.2, -0.15) is 0 Å². The van der Waals surface area contributed by atoms with E-state index in [0.29, 0.717) is 12.6 Å². The van der Waals surface area contributed by atoms with Gasteiger partial charge in [-0.3, -0.25) is 0 Å². The van der Waals surface area contributed by atoms with Crippen molar-refractivity contribution in [2.75, 3.05) is 13.2 Å². The number of rotatable bonds is 7. The van der Waals surface area contributed by atoms with Gasteiger partial charge in [0.25, 0.3) is 0 Å². The fourth-order valence-corrected chi connectivity index (χ4v) is 2.29. The zero-order valence-electron chi connectivity index (χ0n) is 12.1. The van der Waals surface area contributed by atoms with Gasteiger partial charge in [-0.1, -0.05) is 13.8 Å². The molecule has 1 aromatic carbocycles. The van der Waals surface area contributed by atoms with E-state index in [1.54, 1.807) is 0 Å². The Morgan fingerprint density at radius 1 is 1.32 bits per heavy atom. The zero-order chi connectivity index (χ0) is 13.7. The van der Waals surface area contributed by atoms with Gasteiger partial charge in [-0.05, 0) is 50.1 Å². The van der Waals surface area contributed by atoms with Crippen LogP contribution in [-0.4, -0.2) is 24.2 Å². The van der Waals surface area contributed by atoms with Crippen molar-refractivity contribution in [3.63, 3.8) is 0 Å². The Hall–Kier alpha value is -1.48. The van der Waals surface area contributed by atoms with Gasteiger partial charge >= 0.3 is 0 Å². The maximum absolute atomic E-state index is 5.57. The first-order chi connectivity index (χ1) is 9.20. The molecular weight excluding hydrogens is 236 g/mol. The number of H-pyrrole nitrogens is 1. The van der Waals surface area contributed by atoms with Crippen molar-refractivity contribution in [2.24, 2.45) is 0 Å². The summed E-state index contributed by atoms with van der Waals surface area (Å²) in [6, 6.07) is 6.82. The molecule has 0 radical (unpaired) electrons. The van der Waals surface area contributed by atoms with Crippen molar-refractivity contribution < 1.29 is 4.74 Å². The average molecular weight is 260 g/mol. The van der Waals surface area contributed by atoms with Crippen molar-refractivity contribution in [3.8, 4) is 5.75 Å². The second kappa shape index (κ2) is 6.62. The highest BCUT2D eigenvalue weighted by atomic mass is 16.5. The third kappa shape index (κ3) is 3.74. The van der Waals surface area contributed by atoms with E-state index in [2.05, 4.69) is 42.5 Å². The summed E-state index contributed by atoms with van der Waals surface area (Å²) in [6.45, 7) is 8.15. The lowest BCUT2D eigenvalue weighted by atomic mass is 10.1. The number of aromatic nitrogens is 1. The third-order valence-corrected chi connectivity index (χ3v) is 3.23. The van der Waals surface area contributed by atoms with Crippen molar-refractivity contribution in [2.45, 2.75) is 39.7 Å². The number of aromatic amines is 1. The molecule has 0 bridgehead atoms. The SMILES string of the molecule is CCOc1ccc2[nH]cc(CCCNC(C)C)c2c1. The number of nitrogens with one attached hydrogen (secondary N) is 2.